The minimum atomic E-state index is -0.761. The standard InChI is InChI=1S/C45H72O11.C44H70O11/c1-3-5-15-22-35(38-31-42(50)55-44(38)52)28-27-34(21-17-11-7-9-13-19-25-40(46)47)33-54-37(24-18-12-8-10-14-20-26-41(48)49)30-29-36(23-16-6-4-2)39-32-43(51)56-45(39)53;1-3-5-15-21-33(37-31-41(49)54-43(37)51)27-29-35(23-17-11-7-9-13-19-25-39(45)46)53-36(24-18-12-8-10-14-20-26-40(47)48)30-28-34(22-16-6-4-2)38-32-42(50)55-44(38)52/h15-16,22-23,34-39H,3-14,17-21,24-33H2,1-2H3,(H,46,47)(H,48,49);15-16,21-22,33-38H,3-14,17-20,23-32H2,1-2H3,(H,45,46)(H,47,48)/b22-15+,23-16+;21-15+,22-16+. The largest absolute Gasteiger partial charge is 0.481 e. The molecule has 0 aromatic carbocycles. The van der Waals surface area contributed by atoms with Gasteiger partial charge < -0.3 is 48.8 Å². The summed E-state index contributed by atoms with van der Waals surface area (Å²) in [6, 6.07) is 0. The number of hydrogen-bond donors (Lipinski definition) is 4. The van der Waals surface area contributed by atoms with Gasteiger partial charge in [0.25, 0.3) is 0 Å². The van der Waals surface area contributed by atoms with Crippen molar-refractivity contribution in [1.82, 2.24) is 0 Å². The molecule has 0 spiro atoms. The van der Waals surface area contributed by atoms with Gasteiger partial charge in [-0.05, 0) is 158 Å². The fraction of sp³-hybridized carbons (Fsp3) is 0.775. The van der Waals surface area contributed by atoms with Crippen molar-refractivity contribution in [3.63, 3.8) is 0 Å². The van der Waals surface area contributed by atoms with Gasteiger partial charge in [-0.3, -0.25) is 57.5 Å². The minimum absolute atomic E-state index is 0.0448. The van der Waals surface area contributed by atoms with E-state index in [0.29, 0.717) is 64.4 Å². The molecule has 4 aliphatic heterocycles. The minimum Gasteiger partial charge on any atom is -0.481 e. The van der Waals surface area contributed by atoms with Gasteiger partial charge in [0.2, 0.25) is 0 Å². The normalized spacial score (nSPS) is 19.5. The van der Waals surface area contributed by atoms with E-state index in [2.05, 4.69) is 76.3 Å². The topological polar surface area (TPSA) is 341 Å². The van der Waals surface area contributed by atoms with Crippen LogP contribution in [0.2, 0.25) is 0 Å². The first-order chi connectivity index (χ1) is 53.6. The summed E-state index contributed by atoms with van der Waals surface area (Å²) >= 11 is 0. The van der Waals surface area contributed by atoms with Crippen molar-refractivity contribution in [2.24, 2.45) is 53.3 Å². The highest BCUT2D eigenvalue weighted by Gasteiger charge is 2.42. The molecular formula is C89H142O22. The monoisotopic (exact) mass is 1560 g/mol. The van der Waals surface area contributed by atoms with E-state index in [1.165, 1.54) is 0 Å². The number of carbonyl (C=O) groups is 12. The molecule has 22 heteroatoms. The predicted octanol–water partition coefficient (Wildman–Crippen LogP) is 19.9. The van der Waals surface area contributed by atoms with Crippen molar-refractivity contribution < 1.29 is 106 Å². The van der Waals surface area contributed by atoms with E-state index < -0.39 is 95.3 Å². The molecule has 12 unspecified atom stereocenters. The van der Waals surface area contributed by atoms with E-state index in [-0.39, 0.29) is 99.3 Å². The maximum absolute atomic E-state index is 12.7. The predicted molar refractivity (Wildman–Crippen MR) is 424 cm³/mol. The Morgan fingerprint density at radius 2 is 0.550 bits per heavy atom. The number of ether oxygens (including phenoxy) is 6. The lowest BCUT2D eigenvalue weighted by Crippen LogP contribution is -2.26. The van der Waals surface area contributed by atoms with Gasteiger partial charge in [-0.25, -0.2) is 0 Å². The zero-order valence-corrected chi connectivity index (χ0v) is 68.2. The number of rotatable bonds is 69. The van der Waals surface area contributed by atoms with E-state index in [9.17, 15) is 57.5 Å². The number of carboxylic acid groups (broad SMARTS) is 4. The summed E-state index contributed by atoms with van der Waals surface area (Å²) in [7, 11) is 0. The Kier molecular flexibility index (Phi) is 54.8. The average Bonchev–Trinajstić information content (AvgIpc) is 1.75. The molecule has 0 aliphatic carbocycles. The maximum Gasteiger partial charge on any atom is 0.317 e. The average molecular weight is 1560 g/mol. The van der Waals surface area contributed by atoms with Crippen LogP contribution in [0, 0.1) is 53.3 Å². The van der Waals surface area contributed by atoms with Gasteiger partial charge >= 0.3 is 71.6 Å². The molecule has 4 aliphatic rings. The quantitative estimate of drug-likeness (QED) is 0.0144. The second kappa shape index (κ2) is 61.8. The van der Waals surface area contributed by atoms with Gasteiger partial charge in [0.05, 0.1) is 67.7 Å². The van der Waals surface area contributed by atoms with Crippen molar-refractivity contribution in [3.05, 3.63) is 48.6 Å². The Hall–Kier alpha value is -6.68. The fourth-order valence-electron chi connectivity index (χ4n) is 15.5. The summed E-state index contributed by atoms with van der Waals surface area (Å²) in [5.74, 6) is -8.88. The summed E-state index contributed by atoms with van der Waals surface area (Å²) < 4.78 is 33.6. The Morgan fingerprint density at radius 3 is 0.802 bits per heavy atom. The van der Waals surface area contributed by atoms with Crippen LogP contribution >= 0.6 is 0 Å². The first kappa shape index (κ1) is 98.5. The molecule has 4 N–H and O–H groups in total. The van der Waals surface area contributed by atoms with Crippen LogP contribution in [0.4, 0.5) is 0 Å². The molecule has 4 saturated heterocycles. The van der Waals surface area contributed by atoms with Crippen molar-refractivity contribution in [2.75, 3.05) is 6.61 Å². The Labute approximate surface area is 663 Å². The highest BCUT2D eigenvalue weighted by molar-refractivity contribution is 5.96. The van der Waals surface area contributed by atoms with Crippen LogP contribution in [0.5, 0.6) is 0 Å². The number of hydrogen-bond acceptors (Lipinski definition) is 18. The molecular weight excluding hydrogens is 1420 g/mol. The van der Waals surface area contributed by atoms with Gasteiger partial charge in [-0.2, -0.15) is 0 Å². The molecule has 4 fully saturated rings. The lowest BCUT2D eigenvalue weighted by molar-refractivity contribution is -0.155. The second-order valence-electron chi connectivity index (χ2n) is 31.7. The van der Waals surface area contributed by atoms with Crippen LogP contribution in [0.25, 0.3) is 0 Å². The number of cyclic esters (lactones) is 8. The van der Waals surface area contributed by atoms with Crippen LogP contribution in [-0.4, -0.2) is 117 Å². The molecule has 12 atom stereocenters. The first-order valence-electron chi connectivity index (χ1n) is 43.4. The molecule has 0 radical (unpaired) electrons. The third-order valence-electron chi connectivity index (χ3n) is 22.1. The number of carboxylic acids is 4. The number of allylic oxidation sites excluding steroid dienone is 8. The number of aliphatic carboxylic acids is 4. The lowest BCUT2D eigenvalue weighted by Gasteiger charge is -2.28. The molecule has 0 aromatic rings. The summed E-state index contributed by atoms with van der Waals surface area (Å²) in [5, 5.41) is 35.7. The van der Waals surface area contributed by atoms with E-state index in [1.807, 2.05) is 0 Å². The third-order valence-corrected chi connectivity index (χ3v) is 22.1. The van der Waals surface area contributed by atoms with Gasteiger partial charge in [0, 0.05) is 32.3 Å². The van der Waals surface area contributed by atoms with Gasteiger partial charge in [-0.1, -0.05) is 230 Å². The Balaban J connectivity index is 0.000000575. The molecule has 4 rings (SSSR count). The molecule has 0 amide bonds. The van der Waals surface area contributed by atoms with Crippen molar-refractivity contribution >= 4 is 71.6 Å². The van der Waals surface area contributed by atoms with Crippen LogP contribution in [0.3, 0.4) is 0 Å². The molecule has 22 nitrogen and oxygen atoms in total. The Bertz CT molecular complexity index is 2650. The third kappa shape index (κ3) is 46.9. The summed E-state index contributed by atoms with van der Waals surface area (Å²) in [5.41, 5.74) is 0. The maximum atomic E-state index is 12.7. The summed E-state index contributed by atoms with van der Waals surface area (Å²) in [4.78, 5) is 142. The molecule has 0 saturated carbocycles. The summed E-state index contributed by atoms with van der Waals surface area (Å²) in [6.07, 6.45) is 56.8. The van der Waals surface area contributed by atoms with Crippen molar-refractivity contribution in [1.29, 1.82) is 0 Å². The van der Waals surface area contributed by atoms with Gasteiger partial charge in [0.1, 0.15) is 0 Å². The van der Waals surface area contributed by atoms with E-state index in [1.54, 1.807) is 0 Å². The van der Waals surface area contributed by atoms with Crippen molar-refractivity contribution in [2.45, 2.75) is 380 Å². The van der Waals surface area contributed by atoms with Crippen LogP contribution in [0.15, 0.2) is 48.6 Å². The van der Waals surface area contributed by atoms with E-state index in [0.717, 1.165) is 225 Å². The van der Waals surface area contributed by atoms with Crippen LogP contribution in [0.1, 0.15) is 362 Å². The SMILES string of the molecule is CCC/C=C/C(CCC(CCCCCCCCC(=O)O)COC(CCCCCCCCC(=O)O)CCC(/C=C/CCC)C1CC(=O)OC1=O)C1CC(=O)OC1=O.CCC/C=C/C(CCC(CCCCCCCCC(=O)O)OC(CCCCCCCCC(=O)O)CCC(/C=C/CCC)C1CC(=O)OC1=O)C1CC(=O)OC1=O. The molecule has 0 bridgehead atoms. The fourth-order valence-corrected chi connectivity index (χ4v) is 15.5. The molecule has 111 heavy (non-hydrogen) atoms. The first-order valence-corrected chi connectivity index (χ1v) is 43.4. The number of carbonyl (C=O) groups excluding carboxylic acids is 8. The summed E-state index contributed by atoms with van der Waals surface area (Å²) in [6.45, 7) is 8.95. The van der Waals surface area contributed by atoms with E-state index in [4.69, 9.17) is 48.8 Å². The number of unbranched alkanes of at least 4 members (excludes halogenated alkanes) is 24. The highest BCUT2D eigenvalue weighted by Crippen LogP contribution is 2.37. The smallest absolute Gasteiger partial charge is 0.317 e. The zero-order chi connectivity index (χ0) is 81.2. The Morgan fingerprint density at radius 1 is 0.315 bits per heavy atom. The van der Waals surface area contributed by atoms with Gasteiger partial charge in [0.15, 0.2) is 0 Å². The molecule has 4 heterocycles. The number of esters is 8. The lowest BCUT2D eigenvalue weighted by atomic mass is 9.83. The van der Waals surface area contributed by atoms with Gasteiger partial charge in [-0.15, -0.1) is 0 Å². The highest BCUT2D eigenvalue weighted by atomic mass is 16.6. The molecule has 630 valence electrons. The van der Waals surface area contributed by atoms with Crippen LogP contribution in [-0.2, 0) is 86.0 Å². The second-order valence-corrected chi connectivity index (χ2v) is 31.7. The molecule has 0 aromatic heterocycles. The van der Waals surface area contributed by atoms with Crippen molar-refractivity contribution in [3.8, 4) is 0 Å². The van der Waals surface area contributed by atoms with Crippen LogP contribution < -0.4 is 0 Å². The zero-order valence-electron chi connectivity index (χ0n) is 68.2. The van der Waals surface area contributed by atoms with E-state index >= 15 is 0 Å².